The van der Waals surface area contributed by atoms with E-state index in [-0.39, 0.29) is 22.2 Å². The third-order valence-electron chi connectivity index (χ3n) is 2.00. The first-order valence-corrected chi connectivity index (χ1v) is 4.61. The minimum atomic E-state index is -0.649. The molecule has 5 nitrogen and oxygen atoms in total. The first-order valence-electron chi connectivity index (χ1n) is 4.24. The summed E-state index contributed by atoms with van der Waals surface area (Å²) in [6, 6.07) is 1.91. The van der Waals surface area contributed by atoms with Crippen molar-refractivity contribution < 1.29 is 4.39 Å². The number of hydrogen-bond acceptors (Lipinski definition) is 4. The van der Waals surface area contributed by atoms with Crippen molar-refractivity contribution in [3.63, 3.8) is 0 Å². The molecule has 2 rings (SSSR count). The Morgan fingerprint density at radius 1 is 1.50 bits per heavy atom. The van der Waals surface area contributed by atoms with Crippen molar-refractivity contribution in [2.24, 2.45) is 7.05 Å². The molecule has 0 saturated carbocycles. The van der Waals surface area contributed by atoms with Crippen LogP contribution in [0.2, 0.25) is 5.28 Å². The maximum atomic E-state index is 13.5. The van der Waals surface area contributed by atoms with Crippen LogP contribution in [-0.4, -0.2) is 19.7 Å². The fourth-order valence-electron chi connectivity index (χ4n) is 1.31. The van der Waals surface area contributed by atoms with E-state index in [1.54, 1.807) is 7.05 Å². The van der Waals surface area contributed by atoms with Crippen LogP contribution in [-0.2, 0) is 7.05 Å². The molecular formula is C9H5ClFN5. The number of nitrogens with zero attached hydrogens (tertiary/aromatic N) is 5. The number of hydrogen-bond donors (Lipinski definition) is 0. The van der Waals surface area contributed by atoms with Crippen molar-refractivity contribution in [2.75, 3.05) is 0 Å². The van der Waals surface area contributed by atoms with E-state index in [2.05, 4.69) is 15.1 Å². The molecule has 0 unspecified atom stereocenters. The quantitative estimate of drug-likeness (QED) is 0.706. The molecule has 0 aliphatic rings. The van der Waals surface area contributed by atoms with Gasteiger partial charge in [-0.05, 0) is 11.6 Å². The van der Waals surface area contributed by atoms with E-state index < -0.39 is 5.82 Å². The van der Waals surface area contributed by atoms with E-state index in [0.717, 1.165) is 6.20 Å². The van der Waals surface area contributed by atoms with Crippen LogP contribution in [0, 0.1) is 17.1 Å². The molecule has 0 aliphatic heterocycles. The van der Waals surface area contributed by atoms with Crippen LogP contribution in [0.5, 0.6) is 0 Å². The molecule has 0 aliphatic carbocycles. The van der Waals surface area contributed by atoms with Gasteiger partial charge in [-0.2, -0.15) is 10.4 Å². The number of halogens is 2. The van der Waals surface area contributed by atoms with Crippen molar-refractivity contribution in [2.45, 2.75) is 0 Å². The maximum Gasteiger partial charge on any atom is 0.223 e. The zero-order valence-corrected chi connectivity index (χ0v) is 8.90. The lowest BCUT2D eigenvalue weighted by Crippen LogP contribution is -2.00. The Morgan fingerprint density at radius 3 is 2.94 bits per heavy atom. The van der Waals surface area contributed by atoms with Crippen molar-refractivity contribution >= 4 is 11.6 Å². The average Bonchev–Trinajstić information content (AvgIpc) is 2.63. The average molecular weight is 238 g/mol. The predicted molar refractivity (Wildman–Crippen MR) is 53.9 cm³/mol. The lowest BCUT2D eigenvalue weighted by atomic mass is 10.2. The zero-order valence-electron chi connectivity index (χ0n) is 8.15. The molecule has 2 aromatic heterocycles. The van der Waals surface area contributed by atoms with Crippen LogP contribution in [0.3, 0.4) is 0 Å². The summed E-state index contributed by atoms with van der Waals surface area (Å²) in [6.45, 7) is 0. The molecule has 0 spiro atoms. The van der Waals surface area contributed by atoms with Crippen LogP contribution >= 0.6 is 11.6 Å². The SMILES string of the molecule is Cn1ncc(C#N)c1-c1nc(Cl)ncc1F. The first kappa shape index (κ1) is 10.5. The van der Waals surface area contributed by atoms with Gasteiger partial charge in [0.2, 0.25) is 5.28 Å². The fourth-order valence-corrected chi connectivity index (χ4v) is 1.45. The van der Waals surface area contributed by atoms with Gasteiger partial charge in [-0.15, -0.1) is 0 Å². The van der Waals surface area contributed by atoms with Crippen LogP contribution < -0.4 is 0 Å². The van der Waals surface area contributed by atoms with Crippen molar-refractivity contribution in [1.29, 1.82) is 5.26 Å². The molecular weight excluding hydrogens is 233 g/mol. The molecule has 0 aromatic carbocycles. The molecule has 2 aromatic rings. The molecule has 80 valence electrons. The summed E-state index contributed by atoms with van der Waals surface area (Å²) in [4.78, 5) is 7.25. The van der Waals surface area contributed by atoms with E-state index in [1.165, 1.54) is 10.9 Å². The standard InChI is InChI=1S/C9H5ClFN5/c1-16-8(5(2-12)3-14-16)7-6(11)4-13-9(10)15-7/h3-4H,1H3. The van der Waals surface area contributed by atoms with Crippen LogP contribution in [0.25, 0.3) is 11.4 Å². The molecule has 16 heavy (non-hydrogen) atoms. The Balaban J connectivity index is 2.72. The minimum absolute atomic E-state index is 0.0310. The molecule has 0 atom stereocenters. The number of aryl methyl sites for hydroxylation is 1. The highest BCUT2D eigenvalue weighted by atomic mass is 35.5. The van der Waals surface area contributed by atoms with Gasteiger partial charge < -0.3 is 0 Å². The predicted octanol–water partition coefficient (Wildman–Crippen LogP) is 1.54. The van der Waals surface area contributed by atoms with Gasteiger partial charge in [0.25, 0.3) is 0 Å². The second kappa shape index (κ2) is 3.87. The Labute approximate surface area is 95.1 Å². The molecule has 0 radical (unpaired) electrons. The lowest BCUT2D eigenvalue weighted by Gasteiger charge is -2.03. The smallest absolute Gasteiger partial charge is 0.223 e. The van der Waals surface area contributed by atoms with Gasteiger partial charge in [0.1, 0.15) is 17.5 Å². The largest absolute Gasteiger partial charge is 0.265 e. The lowest BCUT2D eigenvalue weighted by molar-refractivity contribution is 0.614. The van der Waals surface area contributed by atoms with E-state index in [0.29, 0.717) is 0 Å². The highest BCUT2D eigenvalue weighted by Crippen LogP contribution is 2.23. The minimum Gasteiger partial charge on any atom is -0.265 e. The van der Waals surface area contributed by atoms with Gasteiger partial charge >= 0.3 is 0 Å². The summed E-state index contributed by atoms with van der Waals surface area (Å²) in [5, 5.41) is 12.6. The summed E-state index contributed by atoms with van der Waals surface area (Å²) in [5.41, 5.74) is 0.483. The second-order valence-corrected chi connectivity index (χ2v) is 3.32. The molecule has 0 N–H and O–H groups in total. The van der Waals surface area contributed by atoms with Crippen molar-refractivity contribution in [3.8, 4) is 17.5 Å². The van der Waals surface area contributed by atoms with Gasteiger partial charge in [0, 0.05) is 7.05 Å². The number of nitriles is 1. The normalized spacial score (nSPS) is 10.1. The third kappa shape index (κ3) is 1.61. The summed E-state index contributed by atoms with van der Waals surface area (Å²) in [7, 11) is 1.59. The summed E-state index contributed by atoms with van der Waals surface area (Å²) in [6.07, 6.45) is 2.30. The summed E-state index contributed by atoms with van der Waals surface area (Å²) in [5.74, 6) is -0.649. The topological polar surface area (TPSA) is 67.4 Å². The first-order chi connectivity index (χ1) is 7.63. The Kier molecular flexibility index (Phi) is 2.54. The number of aromatic nitrogens is 4. The van der Waals surface area contributed by atoms with Crippen molar-refractivity contribution in [1.82, 2.24) is 19.7 Å². The highest BCUT2D eigenvalue weighted by Gasteiger charge is 2.17. The van der Waals surface area contributed by atoms with Gasteiger partial charge in [0.15, 0.2) is 5.82 Å². The van der Waals surface area contributed by atoms with E-state index in [4.69, 9.17) is 16.9 Å². The summed E-state index contributed by atoms with van der Waals surface area (Å²) < 4.78 is 14.9. The zero-order chi connectivity index (χ0) is 11.7. The van der Waals surface area contributed by atoms with E-state index in [9.17, 15) is 4.39 Å². The molecule has 2 heterocycles. The molecule has 0 fully saturated rings. The summed E-state index contributed by atoms with van der Waals surface area (Å²) >= 11 is 5.58. The monoisotopic (exact) mass is 237 g/mol. The fraction of sp³-hybridized carbons (Fsp3) is 0.111. The van der Waals surface area contributed by atoms with Gasteiger partial charge in [0.05, 0.1) is 18.0 Å². The Hall–Kier alpha value is -2.00. The van der Waals surface area contributed by atoms with E-state index in [1.807, 2.05) is 6.07 Å². The van der Waals surface area contributed by atoms with Crippen LogP contribution in [0.15, 0.2) is 12.4 Å². The third-order valence-corrected chi connectivity index (χ3v) is 2.18. The van der Waals surface area contributed by atoms with Crippen LogP contribution in [0.4, 0.5) is 4.39 Å². The van der Waals surface area contributed by atoms with Crippen LogP contribution in [0.1, 0.15) is 5.56 Å². The van der Waals surface area contributed by atoms with Crippen molar-refractivity contribution in [3.05, 3.63) is 29.1 Å². The van der Waals surface area contributed by atoms with E-state index >= 15 is 0 Å². The molecule has 7 heteroatoms. The van der Waals surface area contributed by atoms with Gasteiger partial charge in [-0.3, -0.25) is 4.68 Å². The van der Waals surface area contributed by atoms with Gasteiger partial charge in [-0.25, -0.2) is 14.4 Å². The molecule has 0 saturated heterocycles. The molecule has 0 amide bonds. The maximum absolute atomic E-state index is 13.5. The second-order valence-electron chi connectivity index (χ2n) is 2.98. The molecule has 0 bridgehead atoms. The Morgan fingerprint density at radius 2 is 2.25 bits per heavy atom. The van der Waals surface area contributed by atoms with Gasteiger partial charge in [-0.1, -0.05) is 0 Å². The highest BCUT2D eigenvalue weighted by molar-refractivity contribution is 6.28. The Bertz CT molecular complexity index is 586. The number of rotatable bonds is 1.